The highest BCUT2D eigenvalue weighted by molar-refractivity contribution is 5.82. The number of ether oxygens (including phenoxy) is 1. The molecule has 6 nitrogen and oxygen atoms in total. The zero-order valence-electron chi connectivity index (χ0n) is 11.7. The molecule has 2 amide bonds. The van der Waals surface area contributed by atoms with Crippen LogP contribution in [-0.2, 0) is 16.1 Å². The number of carbonyl (C=O) groups excluding carboxylic acids is 2. The molecule has 0 saturated carbocycles. The van der Waals surface area contributed by atoms with Crippen molar-refractivity contribution in [3.63, 3.8) is 0 Å². The number of furan rings is 1. The molecule has 1 aromatic rings. The van der Waals surface area contributed by atoms with Gasteiger partial charge in [0.1, 0.15) is 17.9 Å². The Labute approximate surface area is 112 Å². The van der Waals surface area contributed by atoms with Crippen LogP contribution in [0.25, 0.3) is 0 Å². The first kappa shape index (κ1) is 15.1. The molecule has 0 aliphatic heterocycles. The standard InChI is InChI=1S/C13H20N2O4/c1-13(2,3)19-12(17)14-8-11(16)15(4)9-10-6-5-7-18-10/h5-7H,8-9H2,1-4H3,(H,14,17). The molecule has 0 radical (unpaired) electrons. The first-order valence-corrected chi connectivity index (χ1v) is 6.01. The molecule has 0 atom stereocenters. The fourth-order valence-electron chi connectivity index (χ4n) is 1.32. The molecule has 0 unspecified atom stereocenters. The second-order valence-electron chi connectivity index (χ2n) is 5.18. The minimum absolute atomic E-state index is 0.105. The van der Waals surface area contributed by atoms with E-state index in [0.29, 0.717) is 12.3 Å². The lowest BCUT2D eigenvalue weighted by atomic mass is 10.2. The predicted molar refractivity (Wildman–Crippen MR) is 69.4 cm³/mol. The molecule has 1 rings (SSSR count). The predicted octanol–water partition coefficient (Wildman–Crippen LogP) is 1.76. The number of likely N-dealkylation sites (N-methyl/N-ethyl adjacent to an activating group) is 1. The molecule has 1 aromatic heterocycles. The van der Waals surface area contributed by atoms with Crippen molar-refractivity contribution in [1.82, 2.24) is 10.2 Å². The quantitative estimate of drug-likeness (QED) is 0.903. The fraction of sp³-hybridized carbons (Fsp3) is 0.538. The third-order valence-corrected chi connectivity index (χ3v) is 2.18. The van der Waals surface area contributed by atoms with Crippen LogP contribution in [0, 0.1) is 0 Å². The fourth-order valence-corrected chi connectivity index (χ4v) is 1.32. The molecule has 106 valence electrons. The number of hydrogen-bond donors (Lipinski definition) is 1. The number of alkyl carbamates (subject to hydrolysis) is 1. The first-order chi connectivity index (χ1) is 8.78. The van der Waals surface area contributed by atoms with Gasteiger partial charge < -0.3 is 19.4 Å². The molecule has 0 spiro atoms. The Bertz CT molecular complexity index is 420. The second kappa shape index (κ2) is 6.26. The molecule has 1 N–H and O–H groups in total. The number of amides is 2. The molecule has 1 heterocycles. The molecule has 0 saturated heterocycles. The van der Waals surface area contributed by atoms with E-state index in [2.05, 4.69) is 5.32 Å². The Hall–Kier alpha value is -1.98. The van der Waals surface area contributed by atoms with Crippen LogP contribution < -0.4 is 5.32 Å². The summed E-state index contributed by atoms with van der Waals surface area (Å²) in [6.07, 6.45) is 0.944. The van der Waals surface area contributed by atoms with Crippen molar-refractivity contribution in [1.29, 1.82) is 0 Å². The van der Waals surface area contributed by atoms with Crippen LogP contribution in [0.15, 0.2) is 22.8 Å². The number of nitrogens with zero attached hydrogens (tertiary/aromatic N) is 1. The number of nitrogens with one attached hydrogen (secondary N) is 1. The average Bonchev–Trinajstić information content (AvgIpc) is 2.76. The van der Waals surface area contributed by atoms with Gasteiger partial charge in [-0.05, 0) is 32.9 Å². The van der Waals surface area contributed by atoms with E-state index in [9.17, 15) is 9.59 Å². The molecular weight excluding hydrogens is 248 g/mol. The molecule has 6 heteroatoms. The lowest BCUT2D eigenvalue weighted by molar-refractivity contribution is -0.129. The van der Waals surface area contributed by atoms with Gasteiger partial charge in [0.15, 0.2) is 0 Å². The summed E-state index contributed by atoms with van der Waals surface area (Å²) in [6, 6.07) is 3.54. The van der Waals surface area contributed by atoms with E-state index in [1.807, 2.05) is 0 Å². The van der Waals surface area contributed by atoms with Crippen molar-refractivity contribution in [2.45, 2.75) is 32.9 Å². The minimum atomic E-state index is -0.604. The van der Waals surface area contributed by atoms with Crippen molar-refractivity contribution in [2.24, 2.45) is 0 Å². The summed E-state index contributed by atoms with van der Waals surface area (Å²) >= 11 is 0. The van der Waals surface area contributed by atoms with Gasteiger partial charge in [-0.25, -0.2) is 4.79 Å². The Balaban J connectivity index is 2.32. The van der Waals surface area contributed by atoms with Crippen LogP contribution in [0.5, 0.6) is 0 Å². The normalized spacial score (nSPS) is 10.9. The van der Waals surface area contributed by atoms with Crippen molar-refractivity contribution >= 4 is 12.0 Å². The molecule has 0 fully saturated rings. The van der Waals surface area contributed by atoms with Gasteiger partial charge >= 0.3 is 6.09 Å². The summed E-state index contributed by atoms with van der Waals surface area (Å²) in [4.78, 5) is 24.6. The number of hydrogen-bond acceptors (Lipinski definition) is 4. The number of carbonyl (C=O) groups is 2. The van der Waals surface area contributed by atoms with E-state index >= 15 is 0 Å². The third-order valence-electron chi connectivity index (χ3n) is 2.18. The van der Waals surface area contributed by atoms with Crippen LogP contribution in [0.3, 0.4) is 0 Å². The molecule has 0 bridgehead atoms. The van der Waals surface area contributed by atoms with Crippen molar-refractivity contribution in [3.05, 3.63) is 24.2 Å². The van der Waals surface area contributed by atoms with Gasteiger partial charge in [0, 0.05) is 7.05 Å². The first-order valence-electron chi connectivity index (χ1n) is 6.01. The summed E-state index contributed by atoms with van der Waals surface area (Å²) in [5.74, 6) is 0.468. The summed E-state index contributed by atoms with van der Waals surface area (Å²) in [5.41, 5.74) is -0.576. The van der Waals surface area contributed by atoms with Crippen LogP contribution in [0.2, 0.25) is 0 Å². The Morgan fingerprint density at radius 1 is 1.42 bits per heavy atom. The SMILES string of the molecule is CN(Cc1ccco1)C(=O)CNC(=O)OC(C)(C)C. The monoisotopic (exact) mass is 268 g/mol. The minimum Gasteiger partial charge on any atom is -0.467 e. The van der Waals surface area contributed by atoms with Crippen molar-refractivity contribution in [3.8, 4) is 0 Å². The molecule has 0 aliphatic rings. The Morgan fingerprint density at radius 2 is 2.11 bits per heavy atom. The highest BCUT2D eigenvalue weighted by atomic mass is 16.6. The van der Waals surface area contributed by atoms with Gasteiger partial charge in [0.05, 0.1) is 12.8 Å². The zero-order chi connectivity index (χ0) is 14.5. The van der Waals surface area contributed by atoms with Gasteiger partial charge in [-0.3, -0.25) is 4.79 Å². The largest absolute Gasteiger partial charge is 0.467 e. The van der Waals surface area contributed by atoms with Gasteiger partial charge in [0.2, 0.25) is 5.91 Å². The van der Waals surface area contributed by atoms with Crippen LogP contribution in [0.4, 0.5) is 4.79 Å². The maximum absolute atomic E-state index is 11.8. The summed E-state index contributed by atoms with van der Waals surface area (Å²) in [6.45, 7) is 5.54. The topological polar surface area (TPSA) is 71.8 Å². The van der Waals surface area contributed by atoms with E-state index in [4.69, 9.17) is 9.15 Å². The van der Waals surface area contributed by atoms with E-state index in [-0.39, 0.29) is 12.5 Å². The molecule has 0 aromatic carbocycles. The number of rotatable bonds is 4. The second-order valence-corrected chi connectivity index (χ2v) is 5.18. The van der Waals surface area contributed by atoms with Gasteiger partial charge in [-0.2, -0.15) is 0 Å². The summed E-state index contributed by atoms with van der Waals surface area (Å²) in [7, 11) is 1.64. The molecule has 19 heavy (non-hydrogen) atoms. The van der Waals surface area contributed by atoms with Crippen molar-refractivity contribution < 1.29 is 18.7 Å². The molecule has 0 aliphatic carbocycles. The molecular formula is C13H20N2O4. The van der Waals surface area contributed by atoms with E-state index in [1.165, 1.54) is 4.90 Å². The maximum atomic E-state index is 11.8. The van der Waals surface area contributed by atoms with Gasteiger partial charge in [-0.15, -0.1) is 0 Å². The zero-order valence-corrected chi connectivity index (χ0v) is 11.7. The Kier molecular flexibility index (Phi) is 4.97. The van der Waals surface area contributed by atoms with E-state index in [1.54, 1.807) is 46.2 Å². The summed E-state index contributed by atoms with van der Waals surface area (Å²) in [5, 5.41) is 2.42. The maximum Gasteiger partial charge on any atom is 0.408 e. The van der Waals surface area contributed by atoms with Gasteiger partial charge in [-0.1, -0.05) is 0 Å². The van der Waals surface area contributed by atoms with E-state index < -0.39 is 11.7 Å². The van der Waals surface area contributed by atoms with E-state index in [0.717, 1.165) is 0 Å². The highest BCUT2D eigenvalue weighted by Gasteiger charge is 2.17. The third kappa shape index (κ3) is 5.94. The van der Waals surface area contributed by atoms with Crippen LogP contribution in [0.1, 0.15) is 26.5 Å². The lowest BCUT2D eigenvalue weighted by Gasteiger charge is -2.20. The van der Waals surface area contributed by atoms with Crippen LogP contribution >= 0.6 is 0 Å². The lowest BCUT2D eigenvalue weighted by Crippen LogP contribution is -2.40. The summed E-state index contributed by atoms with van der Waals surface area (Å²) < 4.78 is 10.2. The smallest absolute Gasteiger partial charge is 0.408 e. The van der Waals surface area contributed by atoms with Crippen molar-refractivity contribution in [2.75, 3.05) is 13.6 Å². The highest BCUT2D eigenvalue weighted by Crippen LogP contribution is 2.06. The van der Waals surface area contributed by atoms with Crippen LogP contribution in [-0.4, -0.2) is 36.1 Å². The van der Waals surface area contributed by atoms with Gasteiger partial charge in [0.25, 0.3) is 0 Å². The Morgan fingerprint density at radius 3 is 2.63 bits per heavy atom. The average molecular weight is 268 g/mol.